The molecule has 2 aliphatic rings. The van der Waals surface area contributed by atoms with Crippen molar-refractivity contribution < 1.29 is 23.5 Å². The third-order valence-corrected chi connectivity index (χ3v) is 6.01. The predicted octanol–water partition coefficient (Wildman–Crippen LogP) is 2.41. The molecule has 25 heavy (non-hydrogen) atoms. The first-order valence-electron chi connectivity index (χ1n) is 7.68. The molecule has 0 saturated carbocycles. The zero-order valence-electron chi connectivity index (χ0n) is 13.4. The van der Waals surface area contributed by atoms with E-state index in [1.807, 2.05) is 6.92 Å². The molecule has 1 aromatic carbocycles. The summed E-state index contributed by atoms with van der Waals surface area (Å²) in [6.45, 7) is 1.37. The van der Waals surface area contributed by atoms with Gasteiger partial charge in [-0.3, -0.25) is 9.59 Å². The van der Waals surface area contributed by atoms with Crippen LogP contribution in [-0.2, 0) is 19.1 Å². The average molecular weight is 387 g/mol. The van der Waals surface area contributed by atoms with Gasteiger partial charge in [-0.1, -0.05) is 11.6 Å². The molecule has 0 aliphatic carbocycles. The van der Waals surface area contributed by atoms with Crippen LogP contribution in [0.4, 0.5) is 10.1 Å². The second-order valence-corrected chi connectivity index (χ2v) is 7.98. The van der Waals surface area contributed by atoms with E-state index >= 15 is 0 Å². The number of amides is 2. The summed E-state index contributed by atoms with van der Waals surface area (Å²) >= 11 is 7.18. The van der Waals surface area contributed by atoms with Crippen molar-refractivity contribution in [1.82, 2.24) is 4.90 Å². The van der Waals surface area contributed by atoms with E-state index in [0.717, 1.165) is 6.07 Å². The van der Waals surface area contributed by atoms with Crippen LogP contribution in [-0.4, -0.2) is 46.0 Å². The number of fused-ring (bicyclic) bond motifs is 1. The Labute approximate surface area is 153 Å². The lowest BCUT2D eigenvalue weighted by molar-refractivity contribution is -0.155. The number of nitrogens with zero attached hydrogens (tertiary/aromatic N) is 1. The first kappa shape index (κ1) is 18.0. The summed E-state index contributed by atoms with van der Waals surface area (Å²) in [5.74, 6) is -1.62. The Morgan fingerprint density at radius 2 is 2.28 bits per heavy atom. The van der Waals surface area contributed by atoms with E-state index in [0.29, 0.717) is 18.6 Å². The maximum Gasteiger partial charge on any atom is 0.330 e. The van der Waals surface area contributed by atoms with Crippen molar-refractivity contribution in [1.29, 1.82) is 0 Å². The van der Waals surface area contributed by atoms with Crippen LogP contribution < -0.4 is 5.32 Å². The van der Waals surface area contributed by atoms with Gasteiger partial charge in [-0.15, -0.1) is 11.8 Å². The average Bonchev–Trinajstić information content (AvgIpc) is 3.04. The summed E-state index contributed by atoms with van der Waals surface area (Å²) in [6, 6.07) is 3.13. The molecule has 0 aromatic heterocycles. The first-order chi connectivity index (χ1) is 11.8. The van der Waals surface area contributed by atoms with Crippen molar-refractivity contribution in [2.24, 2.45) is 0 Å². The molecule has 0 bridgehead atoms. The van der Waals surface area contributed by atoms with Crippen LogP contribution in [0.15, 0.2) is 18.2 Å². The van der Waals surface area contributed by atoms with E-state index in [1.54, 1.807) is 4.90 Å². The molecular weight excluding hydrogens is 371 g/mol. The second kappa shape index (κ2) is 6.84. The van der Waals surface area contributed by atoms with Crippen LogP contribution >= 0.6 is 23.4 Å². The summed E-state index contributed by atoms with van der Waals surface area (Å²) < 4.78 is 18.7. The molecule has 134 valence electrons. The van der Waals surface area contributed by atoms with Gasteiger partial charge in [0.25, 0.3) is 5.91 Å². The fourth-order valence-corrected chi connectivity index (χ4v) is 4.58. The molecule has 0 radical (unpaired) electrons. The fourth-order valence-electron chi connectivity index (χ4n) is 3.01. The second-order valence-electron chi connectivity index (χ2n) is 6.05. The van der Waals surface area contributed by atoms with Gasteiger partial charge in [0.05, 0.1) is 10.6 Å². The van der Waals surface area contributed by atoms with Gasteiger partial charge in [-0.2, -0.15) is 0 Å². The molecule has 2 saturated heterocycles. The van der Waals surface area contributed by atoms with Crippen molar-refractivity contribution in [2.75, 3.05) is 17.7 Å². The van der Waals surface area contributed by atoms with E-state index in [-0.39, 0.29) is 21.5 Å². The van der Waals surface area contributed by atoms with Crippen molar-refractivity contribution in [3.63, 3.8) is 0 Å². The Morgan fingerprint density at radius 3 is 3.00 bits per heavy atom. The number of esters is 1. The standard InChI is InChI=1S/C16H16ClFN2O4S/c1-16-5-4-14(22)20(16)12(8-25-16)15(23)24-7-13(21)19-11-3-2-9(17)6-10(11)18/h2-3,6,12H,4-5,7-8H2,1H3,(H,19,21)/t12-,16+/m0/s1. The number of thioether (sulfide) groups is 1. The molecule has 6 nitrogen and oxygen atoms in total. The smallest absolute Gasteiger partial charge is 0.330 e. The zero-order chi connectivity index (χ0) is 18.2. The minimum absolute atomic E-state index is 0.0517. The molecule has 1 N–H and O–H groups in total. The molecular formula is C16H16ClFN2O4S. The molecule has 2 aliphatic heterocycles. The minimum Gasteiger partial charge on any atom is -0.454 e. The van der Waals surface area contributed by atoms with Gasteiger partial charge in [0, 0.05) is 17.2 Å². The number of ether oxygens (including phenoxy) is 1. The van der Waals surface area contributed by atoms with Gasteiger partial charge in [-0.25, -0.2) is 9.18 Å². The zero-order valence-corrected chi connectivity index (χ0v) is 15.0. The molecule has 1 aromatic rings. The van der Waals surface area contributed by atoms with Crippen LogP contribution in [0, 0.1) is 5.82 Å². The van der Waals surface area contributed by atoms with Crippen LogP contribution in [0.1, 0.15) is 19.8 Å². The van der Waals surface area contributed by atoms with Crippen LogP contribution in [0.3, 0.4) is 0 Å². The lowest BCUT2D eigenvalue weighted by atomic mass is 10.2. The summed E-state index contributed by atoms with van der Waals surface area (Å²) in [4.78, 5) is 37.3. The summed E-state index contributed by atoms with van der Waals surface area (Å²) in [5.41, 5.74) is -0.0517. The number of rotatable bonds is 4. The van der Waals surface area contributed by atoms with Crippen molar-refractivity contribution in [3.05, 3.63) is 29.0 Å². The number of hydrogen-bond donors (Lipinski definition) is 1. The van der Waals surface area contributed by atoms with Crippen molar-refractivity contribution in [2.45, 2.75) is 30.7 Å². The Balaban J connectivity index is 1.55. The van der Waals surface area contributed by atoms with Gasteiger partial charge >= 0.3 is 5.97 Å². The quantitative estimate of drug-likeness (QED) is 0.804. The number of benzene rings is 1. The third-order valence-electron chi connectivity index (χ3n) is 4.27. The number of anilines is 1. The lowest BCUT2D eigenvalue weighted by Crippen LogP contribution is -2.47. The van der Waals surface area contributed by atoms with Gasteiger partial charge in [-0.05, 0) is 31.5 Å². The minimum atomic E-state index is -0.690. The maximum absolute atomic E-state index is 13.6. The monoisotopic (exact) mass is 386 g/mol. The number of nitrogens with one attached hydrogen (secondary N) is 1. The van der Waals surface area contributed by atoms with Gasteiger partial charge in [0.15, 0.2) is 6.61 Å². The van der Waals surface area contributed by atoms with E-state index < -0.39 is 30.3 Å². The van der Waals surface area contributed by atoms with E-state index in [1.165, 1.54) is 23.9 Å². The first-order valence-corrected chi connectivity index (χ1v) is 9.04. The Bertz CT molecular complexity index is 747. The lowest BCUT2D eigenvalue weighted by Gasteiger charge is -2.29. The number of hydrogen-bond acceptors (Lipinski definition) is 5. The van der Waals surface area contributed by atoms with E-state index in [2.05, 4.69) is 5.32 Å². The Hall–Kier alpha value is -1.80. The molecule has 3 rings (SSSR count). The van der Waals surface area contributed by atoms with Gasteiger partial charge in [0.1, 0.15) is 11.9 Å². The van der Waals surface area contributed by atoms with Gasteiger partial charge in [0.2, 0.25) is 5.91 Å². The maximum atomic E-state index is 13.6. The highest BCUT2D eigenvalue weighted by Gasteiger charge is 2.53. The predicted molar refractivity (Wildman–Crippen MR) is 91.7 cm³/mol. The Kier molecular flexibility index (Phi) is 4.92. The van der Waals surface area contributed by atoms with Gasteiger partial charge < -0.3 is 15.0 Å². The highest BCUT2D eigenvalue weighted by Crippen LogP contribution is 2.47. The van der Waals surface area contributed by atoms with Crippen LogP contribution in [0.5, 0.6) is 0 Å². The largest absolute Gasteiger partial charge is 0.454 e. The normalized spacial score (nSPS) is 25.0. The summed E-state index contributed by atoms with van der Waals surface area (Å²) in [6.07, 6.45) is 1.10. The highest BCUT2D eigenvalue weighted by molar-refractivity contribution is 8.01. The molecule has 9 heteroatoms. The molecule has 0 unspecified atom stereocenters. The molecule has 0 spiro atoms. The fraction of sp³-hybridized carbons (Fsp3) is 0.438. The highest BCUT2D eigenvalue weighted by atomic mass is 35.5. The summed E-state index contributed by atoms with van der Waals surface area (Å²) in [5, 5.41) is 2.52. The number of halogens is 2. The van der Waals surface area contributed by atoms with Crippen molar-refractivity contribution in [3.8, 4) is 0 Å². The van der Waals surface area contributed by atoms with Crippen LogP contribution in [0.25, 0.3) is 0 Å². The van der Waals surface area contributed by atoms with Crippen LogP contribution in [0.2, 0.25) is 5.02 Å². The van der Waals surface area contributed by atoms with E-state index in [9.17, 15) is 18.8 Å². The van der Waals surface area contributed by atoms with Crippen molar-refractivity contribution >= 4 is 46.8 Å². The van der Waals surface area contributed by atoms with E-state index in [4.69, 9.17) is 16.3 Å². The summed E-state index contributed by atoms with van der Waals surface area (Å²) in [7, 11) is 0. The Morgan fingerprint density at radius 1 is 1.52 bits per heavy atom. The third kappa shape index (κ3) is 3.59. The number of carbonyl (C=O) groups excluding carboxylic acids is 3. The SMILES string of the molecule is C[C@@]12CCC(=O)N1[C@H](C(=O)OCC(=O)Nc1ccc(Cl)cc1F)CS2. The molecule has 2 fully saturated rings. The molecule has 2 atom stereocenters. The molecule has 2 heterocycles. The topological polar surface area (TPSA) is 75.7 Å². The molecule has 2 amide bonds. The number of carbonyl (C=O) groups is 3.